The topological polar surface area (TPSA) is 75.8 Å². The van der Waals surface area contributed by atoms with Gasteiger partial charge in [-0.25, -0.2) is 0 Å². The SMILES string of the molecule is C[C@H](O)c1cc(Br)cc([N+](=O)[O-])c1OCCCN(C)C. The van der Waals surface area contributed by atoms with Gasteiger partial charge in [-0.15, -0.1) is 0 Å². The summed E-state index contributed by atoms with van der Waals surface area (Å²) in [6.07, 6.45) is -0.0884. The maximum Gasteiger partial charge on any atom is 0.312 e. The van der Waals surface area contributed by atoms with Crippen LogP contribution in [0.2, 0.25) is 0 Å². The molecule has 7 heteroatoms. The molecule has 0 aliphatic rings. The Morgan fingerprint density at radius 3 is 2.65 bits per heavy atom. The van der Waals surface area contributed by atoms with Crippen LogP contribution >= 0.6 is 15.9 Å². The van der Waals surface area contributed by atoms with E-state index in [1.54, 1.807) is 13.0 Å². The van der Waals surface area contributed by atoms with Gasteiger partial charge in [0.15, 0.2) is 0 Å². The zero-order chi connectivity index (χ0) is 15.3. The third-order valence-corrected chi connectivity index (χ3v) is 3.16. The van der Waals surface area contributed by atoms with Crippen molar-refractivity contribution >= 4 is 21.6 Å². The molecule has 0 saturated carbocycles. The van der Waals surface area contributed by atoms with E-state index in [0.717, 1.165) is 13.0 Å². The molecule has 0 unspecified atom stereocenters. The molecule has 0 fully saturated rings. The van der Waals surface area contributed by atoms with Crippen molar-refractivity contribution in [3.8, 4) is 5.75 Å². The Kier molecular flexibility index (Phi) is 6.38. The molecule has 1 atom stereocenters. The van der Waals surface area contributed by atoms with Gasteiger partial charge in [0, 0.05) is 22.6 Å². The molecule has 0 spiro atoms. The van der Waals surface area contributed by atoms with Crippen molar-refractivity contribution in [2.75, 3.05) is 27.2 Å². The smallest absolute Gasteiger partial charge is 0.312 e. The molecule has 1 aromatic carbocycles. The van der Waals surface area contributed by atoms with Crippen LogP contribution in [0.3, 0.4) is 0 Å². The lowest BCUT2D eigenvalue weighted by molar-refractivity contribution is -0.386. The van der Waals surface area contributed by atoms with Crippen LogP contribution in [0.1, 0.15) is 25.0 Å². The Balaban J connectivity index is 2.98. The van der Waals surface area contributed by atoms with Gasteiger partial charge in [-0.2, -0.15) is 0 Å². The number of nitro benzene ring substituents is 1. The fourth-order valence-electron chi connectivity index (χ4n) is 1.76. The quantitative estimate of drug-likeness (QED) is 0.466. The first-order chi connectivity index (χ1) is 9.32. The molecule has 0 heterocycles. The second kappa shape index (κ2) is 7.56. The van der Waals surface area contributed by atoms with Crippen molar-refractivity contribution < 1.29 is 14.8 Å². The first kappa shape index (κ1) is 16.9. The zero-order valence-corrected chi connectivity index (χ0v) is 13.4. The Labute approximate surface area is 126 Å². The van der Waals surface area contributed by atoms with E-state index in [9.17, 15) is 15.2 Å². The summed E-state index contributed by atoms with van der Waals surface area (Å²) in [5, 5.41) is 20.9. The fourth-order valence-corrected chi connectivity index (χ4v) is 2.22. The monoisotopic (exact) mass is 346 g/mol. The number of aliphatic hydroxyl groups excluding tert-OH is 1. The lowest BCUT2D eigenvalue weighted by Crippen LogP contribution is -2.16. The van der Waals surface area contributed by atoms with Gasteiger partial charge in [-0.05, 0) is 33.5 Å². The first-order valence-corrected chi connectivity index (χ1v) is 7.05. The van der Waals surface area contributed by atoms with E-state index in [2.05, 4.69) is 15.9 Å². The molecule has 0 bridgehead atoms. The summed E-state index contributed by atoms with van der Waals surface area (Å²) >= 11 is 3.21. The van der Waals surface area contributed by atoms with Crippen molar-refractivity contribution in [1.82, 2.24) is 4.90 Å². The number of nitrogens with zero attached hydrogens (tertiary/aromatic N) is 2. The highest BCUT2D eigenvalue weighted by Crippen LogP contribution is 2.37. The second-order valence-electron chi connectivity index (χ2n) is 4.78. The van der Waals surface area contributed by atoms with Crippen molar-refractivity contribution in [3.63, 3.8) is 0 Å². The standard InChI is InChI=1S/C13H19BrN2O4/c1-9(17)11-7-10(14)8-12(16(18)19)13(11)20-6-4-5-15(2)3/h7-9,17H,4-6H2,1-3H3/t9-/m0/s1. The van der Waals surface area contributed by atoms with E-state index in [1.807, 2.05) is 19.0 Å². The Bertz CT molecular complexity index is 478. The largest absolute Gasteiger partial charge is 0.487 e. The van der Waals surface area contributed by atoms with Crippen LogP contribution in [-0.2, 0) is 0 Å². The van der Waals surface area contributed by atoms with Crippen LogP contribution < -0.4 is 4.74 Å². The molecule has 0 saturated heterocycles. The minimum Gasteiger partial charge on any atom is -0.487 e. The normalized spacial score (nSPS) is 12.5. The van der Waals surface area contributed by atoms with Crippen molar-refractivity contribution in [2.45, 2.75) is 19.4 Å². The van der Waals surface area contributed by atoms with Gasteiger partial charge in [0.25, 0.3) is 0 Å². The number of rotatable bonds is 7. The second-order valence-corrected chi connectivity index (χ2v) is 5.70. The maximum atomic E-state index is 11.1. The molecule has 112 valence electrons. The molecule has 1 N–H and O–H groups in total. The first-order valence-electron chi connectivity index (χ1n) is 6.26. The summed E-state index contributed by atoms with van der Waals surface area (Å²) in [6.45, 7) is 2.74. The molecule has 6 nitrogen and oxygen atoms in total. The van der Waals surface area contributed by atoms with Gasteiger partial charge < -0.3 is 14.7 Å². The van der Waals surface area contributed by atoms with E-state index in [4.69, 9.17) is 4.74 Å². The van der Waals surface area contributed by atoms with Gasteiger partial charge in [-0.3, -0.25) is 10.1 Å². The number of aliphatic hydroxyl groups is 1. The summed E-state index contributed by atoms with van der Waals surface area (Å²) < 4.78 is 6.09. The number of benzene rings is 1. The van der Waals surface area contributed by atoms with E-state index in [1.165, 1.54) is 6.07 Å². The molecule has 1 aromatic rings. The van der Waals surface area contributed by atoms with Crippen molar-refractivity contribution in [2.24, 2.45) is 0 Å². The molecular formula is C13H19BrN2O4. The number of halogens is 1. The van der Waals surface area contributed by atoms with Crippen LogP contribution in [0.5, 0.6) is 5.75 Å². The molecule has 0 aliphatic carbocycles. The summed E-state index contributed by atoms with van der Waals surface area (Å²) in [6, 6.07) is 3.02. The predicted octanol–water partition coefficient (Wildman–Crippen LogP) is 2.74. The molecule has 0 radical (unpaired) electrons. The Hall–Kier alpha value is -1.18. The van der Waals surface area contributed by atoms with Crippen molar-refractivity contribution in [1.29, 1.82) is 0 Å². The summed E-state index contributed by atoms with van der Waals surface area (Å²) in [5.41, 5.74) is 0.274. The average Bonchev–Trinajstić information content (AvgIpc) is 2.34. The zero-order valence-electron chi connectivity index (χ0n) is 11.8. The molecular weight excluding hydrogens is 328 g/mol. The fraction of sp³-hybridized carbons (Fsp3) is 0.538. The number of nitro groups is 1. The molecule has 20 heavy (non-hydrogen) atoms. The van der Waals surface area contributed by atoms with Gasteiger partial charge in [0.05, 0.1) is 17.6 Å². The van der Waals surface area contributed by atoms with Gasteiger partial charge in [0.1, 0.15) is 0 Å². The van der Waals surface area contributed by atoms with E-state index in [0.29, 0.717) is 16.6 Å². The minimum absolute atomic E-state index is 0.139. The van der Waals surface area contributed by atoms with Gasteiger partial charge in [0.2, 0.25) is 5.75 Å². The summed E-state index contributed by atoms with van der Waals surface area (Å²) in [4.78, 5) is 12.6. The Morgan fingerprint density at radius 1 is 1.50 bits per heavy atom. The molecule has 1 rings (SSSR count). The Morgan fingerprint density at radius 2 is 2.15 bits per heavy atom. The minimum atomic E-state index is -0.838. The highest BCUT2D eigenvalue weighted by Gasteiger charge is 2.23. The maximum absolute atomic E-state index is 11.1. The van der Waals surface area contributed by atoms with Gasteiger partial charge >= 0.3 is 5.69 Å². The van der Waals surface area contributed by atoms with E-state index in [-0.39, 0.29) is 11.4 Å². The number of hydrogen-bond acceptors (Lipinski definition) is 5. The third kappa shape index (κ3) is 4.73. The lowest BCUT2D eigenvalue weighted by atomic mass is 10.1. The highest BCUT2D eigenvalue weighted by molar-refractivity contribution is 9.10. The highest BCUT2D eigenvalue weighted by atomic mass is 79.9. The van der Waals surface area contributed by atoms with Gasteiger partial charge in [-0.1, -0.05) is 15.9 Å². The molecule has 0 amide bonds. The van der Waals surface area contributed by atoms with Crippen LogP contribution in [-0.4, -0.2) is 42.2 Å². The van der Waals surface area contributed by atoms with Crippen LogP contribution in [0, 0.1) is 10.1 Å². The molecule has 0 aliphatic heterocycles. The predicted molar refractivity (Wildman–Crippen MR) is 80.1 cm³/mol. The van der Waals surface area contributed by atoms with E-state index >= 15 is 0 Å². The average molecular weight is 347 g/mol. The van der Waals surface area contributed by atoms with Crippen LogP contribution in [0.25, 0.3) is 0 Å². The number of ether oxygens (including phenoxy) is 1. The third-order valence-electron chi connectivity index (χ3n) is 2.71. The number of hydrogen-bond donors (Lipinski definition) is 1. The molecule has 0 aromatic heterocycles. The van der Waals surface area contributed by atoms with E-state index < -0.39 is 11.0 Å². The van der Waals surface area contributed by atoms with Crippen LogP contribution in [0.15, 0.2) is 16.6 Å². The summed E-state index contributed by atoms with van der Waals surface area (Å²) in [5.74, 6) is 0.145. The summed E-state index contributed by atoms with van der Waals surface area (Å²) in [7, 11) is 3.90. The van der Waals surface area contributed by atoms with Crippen LogP contribution in [0.4, 0.5) is 5.69 Å². The van der Waals surface area contributed by atoms with Crippen molar-refractivity contribution in [3.05, 3.63) is 32.3 Å². The lowest BCUT2D eigenvalue weighted by Gasteiger charge is -2.15.